The van der Waals surface area contributed by atoms with Gasteiger partial charge in [0.1, 0.15) is 0 Å². The van der Waals surface area contributed by atoms with Crippen LogP contribution < -0.4 is 14.8 Å². The van der Waals surface area contributed by atoms with Gasteiger partial charge in [-0.25, -0.2) is 8.42 Å². The summed E-state index contributed by atoms with van der Waals surface area (Å²) in [4.78, 5) is 13.0. The highest BCUT2D eigenvalue weighted by molar-refractivity contribution is 7.89. The van der Waals surface area contributed by atoms with Gasteiger partial charge in [0.15, 0.2) is 11.5 Å². The van der Waals surface area contributed by atoms with Gasteiger partial charge in [0.25, 0.3) is 0 Å². The fraction of sp³-hybridized carbons (Fsp3) is 0.417. The smallest absolute Gasteiger partial charge is 0.243 e. The Labute approximate surface area is 194 Å². The molecule has 8 nitrogen and oxygen atoms in total. The highest BCUT2D eigenvalue weighted by atomic mass is 32.2. The van der Waals surface area contributed by atoms with E-state index in [0.29, 0.717) is 36.6 Å². The van der Waals surface area contributed by atoms with Crippen molar-refractivity contribution in [2.24, 2.45) is 5.92 Å². The maximum absolute atomic E-state index is 13.2. The number of rotatable bonds is 7. The normalized spacial score (nSPS) is 19.8. The quantitative estimate of drug-likeness (QED) is 0.667. The van der Waals surface area contributed by atoms with Crippen molar-refractivity contribution >= 4 is 21.6 Å². The van der Waals surface area contributed by atoms with Gasteiger partial charge in [-0.2, -0.15) is 9.57 Å². The average molecular weight is 470 g/mol. The van der Waals surface area contributed by atoms with E-state index in [1.807, 2.05) is 12.1 Å². The van der Waals surface area contributed by atoms with Gasteiger partial charge in [-0.1, -0.05) is 12.1 Å². The predicted octanol–water partition coefficient (Wildman–Crippen LogP) is 3.30. The van der Waals surface area contributed by atoms with Crippen LogP contribution >= 0.6 is 0 Å². The number of carbonyl (C=O) groups excluding carboxylic acids is 1. The Morgan fingerprint density at radius 3 is 2.42 bits per heavy atom. The van der Waals surface area contributed by atoms with Crippen molar-refractivity contribution in [1.29, 1.82) is 5.26 Å². The number of nitrogens with zero attached hydrogens (tertiary/aromatic N) is 2. The second kappa shape index (κ2) is 9.04. The highest BCUT2D eigenvalue weighted by Crippen LogP contribution is 2.47. The molecule has 2 aromatic rings. The molecule has 1 atom stereocenters. The molecule has 4 rings (SSSR count). The standard InChI is InChI=1S/C24H27N3O5S/c1-31-21-10-9-20(14-22(21)32-2)33(29,30)27-13-3-4-17(15-27)23(28)26-19-7-5-18(6-8-19)24(16-25)11-12-24/h5-10,14,17H,3-4,11-13,15H2,1-2H3,(H,26,28)/t17-/m1/s1. The van der Waals surface area contributed by atoms with Crippen molar-refractivity contribution in [1.82, 2.24) is 4.31 Å². The molecule has 0 radical (unpaired) electrons. The van der Waals surface area contributed by atoms with Crippen molar-refractivity contribution < 1.29 is 22.7 Å². The van der Waals surface area contributed by atoms with E-state index in [9.17, 15) is 18.5 Å². The number of hydrogen-bond acceptors (Lipinski definition) is 6. The minimum absolute atomic E-state index is 0.100. The zero-order chi connectivity index (χ0) is 23.6. The lowest BCUT2D eigenvalue weighted by molar-refractivity contribution is -0.120. The van der Waals surface area contributed by atoms with Crippen LogP contribution in [0.25, 0.3) is 0 Å². The fourth-order valence-electron chi connectivity index (χ4n) is 4.21. The number of nitrogens with one attached hydrogen (secondary N) is 1. The molecule has 174 valence electrons. The molecule has 2 aromatic carbocycles. The number of amides is 1. The van der Waals surface area contributed by atoms with Crippen molar-refractivity contribution in [3.63, 3.8) is 0 Å². The number of ether oxygens (including phenoxy) is 2. The Kier molecular flexibility index (Phi) is 6.32. The monoisotopic (exact) mass is 469 g/mol. The van der Waals surface area contributed by atoms with Crippen LogP contribution in [0.4, 0.5) is 5.69 Å². The number of piperidine rings is 1. The molecule has 2 fully saturated rings. The molecule has 2 aliphatic rings. The number of methoxy groups -OCH3 is 2. The van der Waals surface area contributed by atoms with Gasteiger partial charge in [-0.05, 0) is 55.5 Å². The van der Waals surface area contributed by atoms with Gasteiger partial charge in [-0.15, -0.1) is 0 Å². The molecule has 9 heteroatoms. The SMILES string of the molecule is COc1ccc(S(=O)(=O)N2CCC[C@@H](C(=O)Nc3ccc(C4(C#N)CC4)cc3)C2)cc1OC. The lowest BCUT2D eigenvalue weighted by atomic mass is 9.97. The summed E-state index contributed by atoms with van der Waals surface area (Å²) in [6.45, 7) is 0.462. The lowest BCUT2D eigenvalue weighted by Crippen LogP contribution is -2.43. The van der Waals surface area contributed by atoms with E-state index in [4.69, 9.17) is 9.47 Å². The van der Waals surface area contributed by atoms with Crippen LogP contribution in [0.1, 0.15) is 31.2 Å². The zero-order valence-electron chi connectivity index (χ0n) is 18.7. The van der Waals surface area contributed by atoms with E-state index >= 15 is 0 Å². The van der Waals surface area contributed by atoms with Gasteiger partial charge >= 0.3 is 0 Å². The third-order valence-electron chi connectivity index (χ3n) is 6.42. The van der Waals surface area contributed by atoms with Crippen LogP contribution in [-0.4, -0.2) is 45.9 Å². The Hall–Kier alpha value is -3.09. The lowest BCUT2D eigenvalue weighted by Gasteiger charge is -2.31. The maximum atomic E-state index is 13.2. The van der Waals surface area contributed by atoms with Crippen molar-refractivity contribution in [3.05, 3.63) is 48.0 Å². The fourth-order valence-corrected chi connectivity index (χ4v) is 5.75. The molecule has 0 unspecified atom stereocenters. The summed E-state index contributed by atoms with van der Waals surface area (Å²) >= 11 is 0. The van der Waals surface area contributed by atoms with Gasteiger partial charge < -0.3 is 14.8 Å². The summed E-state index contributed by atoms with van der Waals surface area (Å²) in [5.41, 5.74) is 1.23. The number of anilines is 1. The van der Waals surface area contributed by atoms with Crippen LogP contribution in [0.2, 0.25) is 0 Å². The molecule has 1 aliphatic heterocycles. The number of benzene rings is 2. The average Bonchev–Trinajstić information content (AvgIpc) is 3.65. The number of carbonyl (C=O) groups is 1. The van der Waals surface area contributed by atoms with E-state index in [-0.39, 0.29) is 22.8 Å². The summed E-state index contributed by atoms with van der Waals surface area (Å²) in [7, 11) is -0.851. The van der Waals surface area contributed by atoms with Crippen molar-refractivity contribution in [2.45, 2.75) is 36.0 Å². The Morgan fingerprint density at radius 2 is 1.82 bits per heavy atom. The van der Waals surface area contributed by atoms with Gasteiger partial charge in [-0.3, -0.25) is 4.79 Å². The first kappa shape index (κ1) is 23.1. The zero-order valence-corrected chi connectivity index (χ0v) is 19.5. The van der Waals surface area contributed by atoms with Crippen molar-refractivity contribution in [3.8, 4) is 17.6 Å². The Bertz CT molecular complexity index is 1180. The third kappa shape index (κ3) is 4.54. The third-order valence-corrected chi connectivity index (χ3v) is 8.28. The predicted molar refractivity (Wildman–Crippen MR) is 123 cm³/mol. The highest BCUT2D eigenvalue weighted by Gasteiger charge is 2.44. The van der Waals surface area contributed by atoms with E-state index < -0.39 is 15.9 Å². The Balaban J connectivity index is 1.44. The molecule has 1 saturated heterocycles. The van der Waals surface area contributed by atoms with Crippen LogP contribution in [0.5, 0.6) is 11.5 Å². The minimum Gasteiger partial charge on any atom is -0.493 e. The van der Waals surface area contributed by atoms with Gasteiger partial charge in [0.05, 0.1) is 36.5 Å². The molecule has 0 spiro atoms. The van der Waals surface area contributed by atoms with Crippen LogP contribution in [-0.2, 0) is 20.2 Å². The maximum Gasteiger partial charge on any atom is 0.243 e. The van der Waals surface area contributed by atoms with Gasteiger partial charge in [0.2, 0.25) is 15.9 Å². The van der Waals surface area contributed by atoms with Crippen LogP contribution in [0.3, 0.4) is 0 Å². The summed E-state index contributed by atoms with van der Waals surface area (Å²) in [6.07, 6.45) is 2.93. The van der Waals surface area contributed by atoms with E-state index in [1.165, 1.54) is 30.7 Å². The van der Waals surface area contributed by atoms with Crippen LogP contribution in [0, 0.1) is 17.2 Å². The first-order valence-corrected chi connectivity index (χ1v) is 12.3. The molecule has 1 N–H and O–H groups in total. The van der Waals surface area contributed by atoms with Crippen molar-refractivity contribution in [2.75, 3.05) is 32.6 Å². The summed E-state index contributed by atoms with van der Waals surface area (Å²) in [5, 5.41) is 12.2. The molecule has 1 saturated carbocycles. The van der Waals surface area contributed by atoms with Gasteiger partial charge in [0, 0.05) is 24.8 Å². The number of nitriles is 1. The largest absolute Gasteiger partial charge is 0.493 e. The molecular weight excluding hydrogens is 442 g/mol. The second-order valence-electron chi connectivity index (χ2n) is 8.48. The Morgan fingerprint density at radius 1 is 1.12 bits per heavy atom. The molecule has 1 amide bonds. The summed E-state index contributed by atoms with van der Waals surface area (Å²) in [6, 6.07) is 14.2. The topological polar surface area (TPSA) is 109 Å². The molecule has 1 heterocycles. The first-order chi connectivity index (χ1) is 15.8. The van der Waals surface area contributed by atoms with E-state index in [2.05, 4.69) is 11.4 Å². The number of sulfonamides is 1. The molecule has 1 aliphatic carbocycles. The number of hydrogen-bond donors (Lipinski definition) is 1. The summed E-state index contributed by atoms with van der Waals surface area (Å²) < 4.78 is 38.2. The molecule has 0 aromatic heterocycles. The summed E-state index contributed by atoms with van der Waals surface area (Å²) in [5.74, 6) is 0.108. The van der Waals surface area contributed by atoms with E-state index in [1.54, 1.807) is 18.2 Å². The second-order valence-corrected chi connectivity index (χ2v) is 10.4. The van der Waals surface area contributed by atoms with Crippen LogP contribution in [0.15, 0.2) is 47.4 Å². The first-order valence-electron chi connectivity index (χ1n) is 10.9. The minimum atomic E-state index is -3.79. The molecular formula is C24H27N3O5S. The van der Waals surface area contributed by atoms with E-state index in [0.717, 1.165) is 18.4 Å². The molecule has 33 heavy (non-hydrogen) atoms. The molecule has 0 bridgehead atoms.